The Balaban J connectivity index is 2.02. The number of aromatic hydroxyl groups is 1. The Morgan fingerprint density at radius 3 is 2.87 bits per heavy atom. The molecule has 118 valence electrons. The number of phenols is 1. The zero-order valence-corrected chi connectivity index (χ0v) is 13.2. The monoisotopic (exact) mass is 309 g/mol. The number of hydrogen-bond acceptors (Lipinski definition) is 3. The van der Waals surface area contributed by atoms with Gasteiger partial charge in [-0.3, -0.25) is 9.20 Å². The number of aryl methyl sites for hydroxylation is 2. The van der Waals surface area contributed by atoms with Crippen molar-refractivity contribution < 1.29 is 9.90 Å². The number of nitrogens with one attached hydrogen (secondary N) is 1. The van der Waals surface area contributed by atoms with Crippen LogP contribution in [0.5, 0.6) is 5.75 Å². The van der Waals surface area contributed by atoms with Crippen molar-refractivity contribution in [1.82, 2.24) is 9.38 Å². The Morgan fingerprint density at radius 2 is 2.13 bits per heavy atom. The topological polar surface area (TPSA) is 66.6 Å². The van der Waals surface area contributed by atoms with E-state index < -0.39 is 0 Å². The van der Waals surface area contributed by atoms with E-state index in [0.29, 0.717) is 11.4 Å². The maximum absolute atomic E-state index is 12.7. The zero-order chi connectivity index (χ0) is 16.4. The lowest BCUT2D eigenvalue weighted by Crippen LogP contribution is -2.16. The number of anilines is 1. The fourth-order valence-electron chi connectivity index (χ4n) is 2.62. The number of aromatic nitrogens is 2. The van der Waals surface area contributed by atoms with Gasteiger partial charge < -0.3 is 10.4 Å². The average Bonchev–Trinajstić information content (AvgIpc) is 2.84. The van der Waals surface area contributed by atoms with Crippen molar-refractivity contribution in [3.63, 3.8) is 0 Å². The number of hydrogen-bond donors (Lipinski definition) is 2. The van der Waals surface area contributed by atoms with Crippen molar-refractivity contribution >= 4 is 17.2 Å². The number of phenolic OH excluding ortho intramolecular Hbond substituents is 1. The first-order chi connectivity index (χ1) is 11.1. The molecule has 0 saturated heterocycles. The third-order valence-electron chi connectivity index (χ3n) is 3.66. The number of carbonyl (C=O) groups excluding carboxylic acids is 1. The standard InChI is InChI=1S/C18H19N3O2/c1-3-5-15-17(21-9-8-12(2)10-16(21)20-15)18(23)19-13-6-4-7-14(22)11-13/h4,6-11,22H,3,5H2,1-2H3,(H,19,23). The zero-order valence-electron chi connectivity index (χ0n) is 13.2. The van der Waals surface area contributed by atoms with E-state index in [2.05, 4.69) is 17.2 Å². The van der Waals surface area contributed by atoms with Crippen LogP contribution in [0, 0.1) is 6.92 Å². The first-order valence-corrected chi connectivity index (χ1v) is 7.66. The van der Waals surface area contributed by atoms with Gasteiger partial charge >= 0.3 is 0 Å². The smallest absolute Gasteiger partial charge is 0.274 e. The molecule has 1 aromatic carbocycles. The highest BCUT2D eigenvalue weighted by Crippen LogP contribution is 2.20. The van der Waals surface area contributed by atoms with Crippen LogP contribution in [0.4, 0.5) is 5.69 Å². The van der Waals surface area contributed by atoms with E-state index in [1.807, 2.05) is 29.7 Å². The van der Waals surface area contributed by atoms with Crippen molar-refractivity contribution in [3.05, 3.63) is 59.5 Å². The molecule has 0 aliphatic heterocycles. The SMILES string of the molecule is CCCc1nc2cc(C)ccn2c1C(=O)Nc1cccc(O)c1. The molecule has 0 bridgehead atoms. The fraction of sp³-hybridized carbons (Fsp3) is 0.222. The molecule has 2 N–H and O–H groups in total. The third kappa shape index (κ3) is 3.04. The van der Waals surface area contributed by atoms with Crippen LogP contribution in [-0.2, 0) is 6.42 Å². The molecule has 0 fully saturated rings. The molecule has 0 spiro atoms. The summed E-state index contributed by atoms with van der Waals surface area (Å²) in [5, 5.41) is 12.4. The molecule has 0 aliphatic rings. The summed E-state index contributed by atoms with van der Waals surface area (Å²) in [7, 11) is 0. The molecule has 5 nitrogen and oxygen atoms in total. The van der Waals surface area contributed by atoms with Crippen molar-refractivity contribution in [2.24, 2.45) is 0 Å². The summed E-state index contributed by atoms with van der Waals surface area (Å²) in [4.78, 5) is 17.3. The number of rotatable bonds is 4. The van der Waals surface area contributed by atoms with Gasteiger partial charge in [-0.25, -0.2) is 4.98 Å². The summed E-state index contributed by atoms with van der Waals surface area (Å²) in [6.07, 6.45) is 3.52. The van der Waals surface area contributed by atoms with Gasteiger partial charge in [-0.05, 0) is 43.2 Å². The van der Waals surface area contributed by atoms with Crippen LogP contribution in [0.1, 0.15) is 35.1 Å². The number of amides is 1. The predicted molar refractivity (Wildman–Crippen MR) is 90.0 cm³/mol. The van der Waals surface area contributed by atoms with Crippen molar-refractivity contribution in [2.75, 3.05) is 5.32 Å². The minimum Gasteiger partial charge on any atom is -0.508 e. The molecular formula is C18H19N3O2. The van der Waals surface area contributed by atoms with Crippen LogP contribution < -0.4 is 5.32 Å². The summed E-state index contributed by atoms with van der Waals surface area (Å²) in [5.74, 6) is -0.110. The van der Waals surface area contributed by atoms with E-state index in [1.165, 1.54) is 6.07 Å². The van der Waals surface area contributed by atoms with Gasteiger partial charge in [-0.15, -0.1) is 0 Å². The maximum Gasteiger partial charge on any atom is 0.274 e. The second kappa shape index (κ2) is 6.12. The normalized spacial score (nSPS) is 10.9. The Kier molecular flexibility index (Phi) is 4.02. The third-order valence-corrected chi connectivity index (χ3v) is 3.66. The lowest BCUT2D eigenvalue weighted by molar-refractivity contribution is 0.102. The number of benzene rings is 1. The fourth-order valence-corrected chi connectivity index (χ4v) is 2.62. The van der Waals surface area contributed by atoms with Crippen molar-refractivity contribution in [2.45, 2.75) is 26.7 Å². The highest BCUT2D eigenvalue weighted by molar-refractivity contribution is 6.04. The van der Waals surface area contributed by atoms with Crippen LogP contribution in [0.15, 0.2) is 42.6 Å². The van der Waals surface area contributed by atoms with Crippen LogP contribution >= 0.6 is 0 Å². The van der Waals surface area contributed by atoms with Gasteiger partial charge in [0.1, 0.15) is 17.1 Å². The van der Waals surface area contributed by atoms with Gasteiger partial charge in [0, 0.05) is 18.0 Å². The maximum atomic E-state index is 12.7. The largest absolute Gasteiger partial charge is 0.508 e. The lowest BCUT2D eigenvalue weighted by atomic mass is 10.2. The first-order valence-electron chi connectivity index (χ1n) is 7.66. The van der Waals surface area contributed by atoms with Crippen molar-refractivity contribution in [3.8, 4) is 5.75 Å². The summed E-state index contributed by atoms with van der Waals surface area (Å²) >= 11 is 0. The molecular weight excluding hydrogens is 290 g/mol. The van der Waals surface area contributed by atoms with Gasteiger partial charge in [-0.1, -0.05) is 19.4 Å². The summed E-state index contributed by atoms with van der Waals surface area (Å²) in [5.41, 5.74) is 3.76. The number of fused-ring (bicyclic) bond motifs is 1. The molecule has 2 aromatic heterocycles. The van der Waals surface area contributed by atoms with Gasteiger partial charge in [0.2, 0.25) is 0 Å². The average molecular weight is 309 g/mol. The second-order valence-electron chi connectivity index (χ2n) is 5.59. The Bertz CT molecular complexity index is 868. The Hall–Kier alpha value is -2.82. The van der Waals surface area contributed by atoms with Crippen LogP contribution in [-0.4, -0.2) is 20.4 Å². The van der Waals surface area contributed by atoms with E-state index in [0.717, 1.165) is 29.7 Å². The molecule has 0 aliphatic carbocycles. The van der Waals surface area contributed by atoms with Crippen molar-refractivity contribution in [1.29, 1.82) is 0 Å². The minimum atomic E-state index is -0.226. The number of pyridine rings is 1. The molecule has 2 heterocycles. The van der Waals surface area contributed by atoms with E-state index >= 15 is 0 Å². The predicted octanol–water partition coefficient (Wildman–Crippen LogP) is 3.55. The van der Waals surface area contributed by atoms with Gasteiger partial charge in [0.15, 0.2) is 0 Å². The van der Waals surface area contributed by atoms with Gasteiger partial charge in [0.05, 0.1) is 5.69 Å². The van der Waals surface area contributed by atoms with E-state index in [1.54, 1.807) is 18.2 Å². The number of carbonyl (C=O) groups is 1. The number of imidazole rings is 1. The van der Waals surface area contributed by atoms with Crippen LogP contribution in [0.3, 0.4) is 0 Å². The highest BCUT2D eigenvalue weighted by atomic mass is 16.3. The van der Waals surface area contributed by atoms with Crippen LogP contribution in [0.25, 0.3) is 5.65 Å². The molecule has 5 heteroatoms. The Labute approximate surface area is 134 Å². The van der Waals surface area contributed by atoms with E-state index in [4.69, 9.17) is 0 Å². The van der Waals surface area contributed by atoms with E-state index in [9.17, 15) is 9.90 Å². The minimum absolute atomic E-state index is 0.116. The highest BCUT2D eigenvalue weighted by Gasteiger charge is 2.19. The molecule has 0 radical (unpaired) electrons. The summed E-state index contributed by atoms with van der Waals surface area (Å²) in [6, 6.07) is 10.4. The molecule has 0 unspecified atom stereocenters. The molecule has 0 atom stereocenters. The molecule has 0 saturated carbocycles. The number of nitrogens with zero attached hydrogens (tertiary/aromatic N) is 2. The summed E-state index contributed by atoms with van der Waals surface area (Å²) < 4.78 is 1.82. The van der Waals surface area contributed by atoms with Crippen LogP contribution in [0.2, 0.25) is 0 Å². The Morgan fingerprint density at radius 1 is 1.30 bits per heavy atom. The lowest BCUT2D eigenvalue weighted by Gasteiger charge is -2.07. The quantitative estimate of drug-likeness (QED) is 0.774. The van der Waals surface area contributed by atoms with Gasteiger partial charge in [-0.2, -0.15) is 0 Å². The first kappa shape index (κ1) is 15.1. The molecule has 23 heavy (non-hydrogen) atoms. The molecule has 3 rings (SSSR count). The van der Waals surface area contributed by atoms with Gasteiger partial charge in [0.25, 0.3) is 5.91 Å². The summed E-state index contributed by atoms with van der Waals surface area (Å²) in [6.45, 7) is 4.06. The molecule has 3 aromatic rings. The molecule has 1 amide bonds. The van der Waals surface area contributed by atoms with E-state index in [-0.39, 0.29) is 11.7 Å². The second-order valence-corrected chi connectivity index (χ2v) is 5.59.